The maximum atomic E-state index is 13.8. The summed E-state index contributed by atoms with van der Waals surface area (Å²) in [6.07, 6.45) is 1.58. The fourth-order valence-corrected chi connectivity index (χ4v) is 3.63. The molecule has 1 amide bonds. The number of aromatic amines is 1. The van der Waals surface area contributed by atoms with E-state index in [0.717, 1.165) is 0 Å². The highest BCUT2D eigenvalue weighted by Crippen LogP contribution is 2.20. The lowest BCUT2D eigenvalue weighted by molar-refractivity contribution is -0.130. The molecular formula is C21H25FN6O2. The van der Waals surface area contributed by atoms with Crippen molar-refractivity contribution in [2.45, 2.75) is 32.7 Å². The molecule has 2 aromatic heterocycles. The summed E-state index contributed by atoms with van der Waals surface area (Å²) in [7, 11) is 0. The minimum Gasteiger partial charge on any atom is -0.339 e. The van der Waals surface area contributed by atoms with Gasteiger partial charge in [-0.3, -0.25) is 14.6 Å². The molecule has 4 rings (SSSR count). The van der Waals surface area contributed by atoms with E-state index in [1.54, 1.807) is 27.8 Å². The van der Waals surface area contributed by atoms with Gasteiger partial charge in [0.2, 0.25) is 11.9 Å². The Morgan fingerprint density at radius 1 is 1.17 bits per heavy atom. The Hall–Kier alpha value is -3.23. The van der Waals surface area contributed by atoms with Crippen molar-refractivity contribution in [3.8, 4) is 0 Å². The molecule has 158 valence electrons. The van der Waals surface area contributed by atoms with Crippen LogP contribution < -0.4 is 10.5 Å². The van der Waals surface area contributed by atoms with Gasteiger partial charge in [-0.05, 0) is 32.4 Å². The van der Waals surface area contributed by atoms with E-state index >= 15 is 0 Å². The number of carbonyl (C=O) groups is 1. The van der Waals surface area contributed by atoms with Crippen molar-refractivity contribution in [3.63, 3.8) is 0 Å². The van der Waals surface area contributed by atoms with Crippen LogP contribution in [0.4, 0.5) is 10.3 Å². The zero-order valence-corrected chi connectivity index (χ0v) is 17.4. The van der Waals surface area contributed by atoms with E-state index < -0.39 is 0 Å². The van der Waals surface area contributed by atoms with Crippen molar-refractivity contribution < 1.29 is 9.18 Å². The van der Waals surface area contributed by atoms with Crippen LogP contribution in [-0.4, -0.2) is 56.7 Å². The molecule has 30 heavy (non-hydrogen) atoms. The van der Waals surface area contributed by atoms with Crippen LogP contribution in [0.25, 0.3) is 11.0 Å². The second-order valence-corrected chi connectivity index (χ2v) is 8.49. The van der Waals surface area contributed by atoms with Gasteiger partial charge in [-0.1, -0.05) is 18.2 Å². The van der Waals surface area contributed by atoms with Gasteiger partial charge in [0.05, 0.1) is 18.2 Å². The standard InChI is InChI=1S/C21H25FN6O2/c1-21(2,3)28-18-15(13-23-28)19(30)25-20(24-18)27-10-8-26(9-11-27)17(29)12-14-6-4-5-7-16(14)22/h4-7,13H,8-12H2,1-3H3,(H,24,25,30). The van der Waals surface area contributed by atoms with Crippen LogP contribution in [0.1, 0.15) is 26.3 Å². The molecule has 1 aliphatic rings. The molecule has 8 nitrogen and oxygen atoms in total. The van der Waals surface area contributed by atoms with E-state index in [4.69, 9.17) is 0 Å². The minimum absolute atomic E-state index is 0.0402. The van der Waals surface area contributed by atoms with Gasteiger partial charge in [0.25, 0.3) is 5.56 Å². The average Bonchev–Trinajstić information content (AvgIpc) is 3.15. The molecule has 1 saturated heterocycles. The number of hydrogen-bond donors (Lipinski definition) is 1. The Morgan fingerprint density at radius 3 is 2.53 bits per heavy atom. The lowest BCUT2D eigenvalue weighted by Crippen LogP contribution is -2.50. The summed E-state index contributed by atoms with van der Waals surface area (Å²) < 4.78 is 15.6. The predicted octanol–water partition coefficient (Wildman–Crippen LogP) is 1.90. The fraction of sp³-hybridized carbons (Fsp3) is 0.429. The molecule has 1 N–H and O–H groups in total. The largest absolute Gasteiger partial charge is 0.339 e. The molecule has 1 fully saturated rings. The van der Waals surface area contributed by atoms with Crippen molar-refractivity contribution in [2.75, 3.05) is 31.1 Å². The summed E-state index contributed by atoms with van der Waals surface area (Å²) >= 11 is 0. The maximum absolute atomic E-state index is 13.8. The highest BCUT2D eigenvalue weighted by Gasteiger charge is 2.25. The van der Waals surface area contributed by atoms with Gasteiger partial charge in [-0.25, -0.2) is 9.07 Å². The van der Waals surface area contributed by atoms with Crippen molar-refractivity contribution in [3.05, 3.63) is 52.2 Å². The molecule has 0 unspecified atom stereocenters. The number of halogens is 1. The molecule has 0 spiro atoms. The number of nitrogens with zero attached hydrogens (tertiary/aromatic N) is 5. The quantitative estimate of drug-likeness (QED) is 0.710. The van der Waals surface area contributed by atoms with Gasteiger partial charge in [0.15, 0.2) is 5.65 Å². The van der Waals surface area contributed by atoms with Crippen LogP contribution in [0.3, 0.4) is 0 Å². The molecule has 0 radical (unpaired) electrons. The van der Waals surface area contributed by atoms with E-state index in [1.165, 1.54) is 12.3 Å². The van der Waals surface area contributed by atoms with E-state index in [1.807, 2.05) is 25.7 Å². The zero-order chi connectivity index (χ0) is 21.5. The van der Waals surface area contributed by atoms with Crippen LogP contribution in [0.5, 0.6) is 0 Å². The number of carbonyl (C=O) groups excluding carboxylic acids is 1. The molecule has 3 heterocycles. The highest BCUT2D eigenvalue weighted by atomic mass is 19.1. The Kier molecular flexibility index (Phi) is 5.05. The zero-order valence-electron chi connectivity index (χ0n) is 17.4. The first-order valence-electron chi connectivity index (χ1n) is 9.99. The molecular weight excluding hydrogens is 387 g/mol. The first kappa shape index (κ1) is 20.1. The van der Waals surface area contributed by atoms with Gasteiger partial charge >= 0.3 is 0 Å². The summed E-state index contributed by atoms with van der Waals surface area (Å²) in [6, 6.07) is 6.33. The van der Waals surface area contributed by atoms with Crippen molar-refractivity contribution in [2.24, 2.45) is 0 Å². The smallest absolute Gasteiger partial charge is 0.263 e. The number of fused-ring (bicyclic) bond motifs is 1. The molecule has 9 heteroatoms. The Bertz CT molecular complexity index is 1140. The van der Waals surface area contributed by atoms with Crippen molar-refractivity contribution in [1.29, 1.82) is 0 Å². The Morgan fingerprint density at radius 2 is 1.87 bits per heavy atom. The molecule has 0 saturated carbocycles. The molecule has 1 aromatic carbocycles. The number of aromatic nitrogens is 4. The molecule has 1 aliphatic heterocycles. The molecule has 3 aromatic rings. The second-order valence-electron chi connectivity index (χ2n) is 8.49. The second kappa shape index (κ2) is 7.55. The molecule has 0 atom stereocenters. The summed E-state index contributed by atoms with van der Waals surface area (Å²) in [6.45, 7) is 8.02. The molecule has 0 aliphatic carbocycles. The monoisotopic (exact) mass is 412 g/mol. The van der Waals surface area contributed by atoms with E-state index in [2.05, 4.69) is 15.1 Å². The normalized spacial score (nSPS) is 15.1. The number of H-pyrrole nitrogens is 1. The first-order valence-corrected chi connectivity index (χ1v) is 9.99. The van der Waals surface area contributed by atoms with Gasteiger partial charge in [-0.2, -0.15) is 10.1 Å². The van der Waals surface area contributed by atoms with Gasteiger partial charge in [0, 0.05) is 26.2 Å². The van der Waals surface area contributed by atoms with Crippen molar-refractivity contribution in [1.82, 2.24) is 24.6 Å². The first-order chi connectivity index (χ1) is 14.2. The summed E-state index contributed by atoms with van der Waals surface area (Å²) in [5.41, 5.74) is 0.400. The highest BCUT2D eigenvalue weighted by molar-refractivity contribution is 5.79. The average molecular weight is 412 g/mol. The van der Waals surface area contributed by atoms with Crippen LogP contribution >= 0.6 is 0 Å². The topological polar surface area (TPSA) is 87.1 Å². The van der Waals surface area contributed by atoms with Crippen LogP contribution in [0, 0.1) is 5.82 Å². The van der Waals surface area contributed by atoms with Gasteiger partial charge in [0.1, 0.15) is 11.2 Å². The number of nitrogens with one attached hydrogen (secondary N) is 1. The number of rotatable bonds is 3. The lowest BCUT2D eigenvalue weighted by Gasteiger charge is -2.35. The summed E-state index contributed by atoms with van der Waals surface area (Å²) in [5, 5.41) is 4.78. The third kappa shape index (κ3) is 3.79. The maximum Gasteiger partial charge on any atom is 0.263 e. The summed E-state index contributed by atoms with van der Waals surface area (Å²) in [5.74, 6) is -0.00260. The number of piperazine rings is 1. The predicted molar refractivity (Wildman–Crippen MR) is 112 cm³/mol. The Labute approximate surface area is 173 Å². The van der Waals surface area contributed by atoms with E-state index in [-0.39, 0.29) is 29.2 Å². The van der Waals surface area contributed by atoms with E-state index in [9.17, 15) is 14.0 Å². The van der Waals surface area contributed by atoms with Crippen LogP contribution in [-0.2, 0) is 16.8 Å². The van der Waals surface area contributed by atoms with Gasteiger partial charge in [-0.15, -0.1) is 0 Å². The van der Waals surface area contributed by atoms with Crippen LogP contribution in [0.2, 0.25) is 0 Å². The van der Waals surface area contributed by atoms with Crippen molar-refractivity contribution >= 4 is 22.9 Å². The summed E-state index contributed by atoms with van der Waals surface area (Å²) in [4.78, 5) is 36.2. The van der Waals surface area contributed by atoms with Crippen LogP contribution in [0.15, 0.2) is 35.3 Å². The number of amides is 1. The number of benzene rings is 1. The van der Waals surface area contributed by atoms with Gasteiger partial charge < -0.3 is 9.80 Å². The third-order valence-corrected chi connectivity index (χ3v) is 5.29. The molecule has 0 bridgehead atoms. The minimum atomic E-state index is -0.366. The van der Waals surface area contributed by atoms with E-state index in [0.29, 0.717) is 48.7 Å². The fourth-order valence-electron chi connectivity index (χ4n) is 3.63. The third-order valence-electron chi connectivity index (χ3n) is 5.29. The number of hydrogen-bond acceptors (Lipinski definition) is 5. The Balaban J connectivity index is 1.49. The lowest BCUT2D eigenvalue weighted by atomic mass is 10.1. The SMILES string of the molecule is CC(C)(C)n1ncc2c(=O)[nH]c(N3CCN(C(=O)Cc4ccccc4F)CC3)nc21. The number of anilines is 1.